The number of hydrogen-bond acceptors (Lipinski definition) is 2. The van der Waals surface area contributed by atoms with Crippen molar-refractivity contribution in [2.75, 3.05) is 0 Å². The molecule has 72 valence electrons. The van der Waals surface area contributed by atoms with Crippen LogP contribution in [0.2, 0.25) is 0 Å². The summed E-state index contributed by atoms with van der Waals surface area (Å²) < 4.78 is 0. The molecule has 0 unspecified atom stereocenters. The fraction of sp³-hybridized carbons (Fsp3) is 0.636. The first-order valence-corrected chi connectivity index (χ1v) is 4.85. The van der Waals surface area contributed by atoms with Crippen LogP contribution in [0.4, 0.5) is 0 Å². The summed E-state index contributed by atoms with van der Waals surface area (Å²) in [5.41, 5.74) is 3.30. The highest BCUT2D eigenvalue weighted by Crippen LogP contribution is 2.21. The van der Waals surface area contributed by atoms with Gasteiger partial charge >= 0.3 is 0 Å². The van der Waals surface area contributed by atoms with Crippen molar-refractivity contribution in [1.82, 2.24) is 9.97 Å². The molecule has 1 rings (SSSR count). The van der Waals surface area contributed by atoms with Crippen LogP contribution in [0.5, 0.6) is 0 Å². The maximum atomic E-state index is 4.53. The maximum Gasteiger partial charge on any atom is 0.0649 e. The van der Waals surface area contributed by atoms with Gasteiger partial charge in [0.15, 0.2) is 0 Å². The lowest BCUT2D eigenvalue weighted by molar-refractivity contribution is 0.720. The van der Waals surface area contributed by atoms with Gasteiger partial charge in [-0.2, -0.15) is 0 Å². The van der Waals surface area contributed by atoms with E-state index in [0.717, 1.165) is 17.1 Å². The van der Waals surface area contributed by atoms with Gasteiger partial charge in [-0.3, -0.25) is 9.97 Å². The van der Waals surface area contributed by atoms with Crippen molar-refractivity contribution in [3.63, 3.8) is 0 Å². The van der Waals surface area contributed by atoms with Crippen LogP contribution >= 0.6 is 0 Å². The fourth-order valence-corrected chi connectivity index (χ4v) is 1.37. The van der Waals surface area contributed by atoms with E-state index in [-0.39, 0.29) is 0 Å². The van der Waals surface area contributed by atoms with E-state index in [4.69, 9.17) is 0 Å². The van der Waals surface area contributed by atoms with Crippen molar-refractivity contribution in [2.24, 2.45) is 0 Å². The van der Waals surface area contributed by atoms with Gasteiger partial charge in [0.1, 0.15) is 0 Å². The molecular formula is C11H18N2. The normalized spacial score (nSPS) is 11.3. The first-order chi connectivity index (χ1) is 6.02. The fourth-order valence-electron chi connectivity index (χ4n) is 1.37. The third-order valence-corrected chi connectivity index (χ3v) is 2.04. The van der Waals surface area contributed by atoms with Gasteiger partial charge in [-0.25, -0.2) is 0 Å². The Morgan fingerprint density at radius 3 is 2.00 bits per heavy atom. The molecule has 0 N–H and O–H groups in total. The molecule has 13 heavy (non-hydrogen) atoms. The second kappa shape index (κ2) is 3.86. The highest BCUT2D eigenvalue weighted by molar-refractivity contribution is 5.19. The van der Waals surface area contributed by atoms with Gasteiger partial charge in [0.05, 0.1) is 17.1 Å². The van der Waals surface area contributed by atoms with Crippen LogP contribution in [0.3, 0.4) is 0 Å². The van der Waals surface area contributed by atoms with E-state index < -0.39 is 0 Å². The van der Waals surface area contributed by atoms with Crippen LogP contribution in [0, 0.1) is 6.92 Å². The predicted molar refractivity (Wildman–Crippen MR) is 54.9 cm³/mol. The molecule has 0 bridgehead atoms. The van der Waals surface area contributed by atoms with E-state index in [0.29, 0.717) is 11.8 Å². The quantitative estimate of drug-likeness (QED) is 0.695. The zero-order valence-electron chi connectivity index (χ0n) is 9.13. The number of rotatable bonds is 2. The van der Waals surface area contributed by atoms with Crippen LogP contribution < -0.4 is 0 Å². The summed E-state index contributed by atoms with van der Waals surface area (Å²) in [6.45, 7) is 10.6. The molecule has 0 aliphatic heterocycles. The lowest BCUT2D eigenvalue weighted by atomic mass is 10.0. The second-order valence-electron chi connectivity index (χ2n) is 4.09. The van der Waals surface area contributed by atoms with Gasteiger partial charge in [0.2, 0.25) is 0 Å². The zero-order chi connectivity index (χ0) is 10.0. The van der Waals surface area contributed by atoms with Gasteiger partial charge in [-0.15, -0.1) is 0 Å². The van der Waals surface area contributed by atoms with Gasteiger partial charge in [-0.05, 0) is 18.8 Å². The molecule has 1 heterocycles. The molecule has 0 saturated carbocycles. The van der Waals surface area contributed by atoms with Gasteiger partial charge in [0, 0.05) is 6.20 Å². The minimum atomic E-state index is 0.463. The van der Waals surface area contributed by atoms with E-state index in [1.54, 1.807) is 0 Å². The highest BCUT2D eigenvalue weighted by Gasteiger charge is 2.12. The van der Waals surface area contributed by atoms with E-state index in [1.807, 2.05) is 13.1 Å². The summed E-state index contributed by atoms with van der Waals surface area (Å²) in [6, 6.07) is 0. The minimum Gasteiger partial charge on any atom is -0.257 e. The van der Waals surface area contributed by atoms with E-state index in [9.17, 15) is 0 Å². The van der Waals surface area contributed by atoms with E-state index >= 15 is 0 Å². The molecule has 0 saturated heterocycles. The van der Waals surface area contributed by atoms with Gasteiger partial charge in [0.25, 0.3) is 0 Å². The van der Waals surface area contributed by atoms with Gasteiger partial charge < -0.3 is 0 Å². The number of aryl methyl sites for hydroxylation is 1. The summed E-state index contributed by atoms with van der Waals surface area (Å²) in [5.74, 6) is 0.926. The Labute approximate surface area is 80.4 Å². The monoisotopic (exact) mass is 178 g/mol. The Morgan fingerprint density at radius 1 is 1.00 bits per heavy atom. The van der Waals surface area contributed by atoms with Crippen LogP contribution in [0.25, 0.3) is 0 Å². The summed E-state index contributed by atoms with van der Waals surface area (Å²) in [7, 11) is 0. The van der Waals surface area contributed by atoms with Crippen molar-refractivity contribution in [3.8, 4) is 0 Å². The van der Waals surface area contributed by atoms with Crippen molar-refractivity contribution >= 4 is 0 Å². The highest BCUT2D eigenvalue weighted by atomic mass is 14.8. The van der Waals surface area contributed by atoms with Crippen molar-refractivity contribution in [3.05, 3.63) is 23.3 Å². The summed E-state index contributed by atoms with van der Waals surface area (Å²) in [6.07, 6.45) is 1.85. The third kappa shape index (κ3) is 2.27. The molecule has 0 fully saturated rings. The predicted octanol–water partition coefficient (Wildman–Crippen LogP) is 3.03. The minimum absolute atomic E-state index is 0.463. The molecule has 2 nitrogen and oxygen atoms in total. The average molecular weight is 178 g/mol. The molecule has 0 amide bonds. The first-order valence-electron chi connectivity index (χ1n) is 4.85. The number of aromatic nitrogens is 2. The topological polar surface area (TPSA) is 25.8 Å². The maximum absolute atomic E-state index is 4.53. The molecule has 0 atom stereocenters. The van der Waals surface area contributed by atoms with E-state index in [2.05, 4.69) is 37.7 Å². The average Bonchev–Trinajstić information content (AvgIpc) is 2.03. The van der Waals surface area contributed by atoms with Crippen LogP contribution in [0.1, 0.15) is 56.6 Å². The zero-order valence-corrected chi connectivity index (χ0v) is 9.13. The van der Waals surface area contributed by atoms with E-state index in [1.165, 1.54) is 0 Å². The Hall–Kier alpha value is -0.920. The van der Waals surface area contributed by atoms with Crippen LogP contribution in [0.15, 0.2) is 6.20 Å². The number of hydrogen-bond donors (Lipinski definition) is 0. The molecule has 1 aromatic rings. The molecule has 2 heteroatoms. The largest absolute Gasteiger partial charge is 0.257 e. The Morgan fingerprint density at radius 2 is 1.54 bits per heavy atom. The molecule has 0 radical (unpaired) electrons. The van der Waals surface area contributed by atoms with Crippen LogP contribution in [-0.2, 0) is 0 Å². The Balaban J connectivity index is 3.19. The molecular weight excluding hydrogens is 160 g/mol. The Bertz CT molecular complexity index is 290. The van der Waals surface area contributed by atoms with Gasteiger partial charge in [-0.1, -0.05) is 27.7 Å². The lowest BCUT2D eigenvalue weighted by Gasteiger charge is -2.13. The van der Waals surface area contributed by atoms with Crippen molar-refractivity contribution < 1.29 is 0 Å². The third-order valence-electron chi connectivity index (χ3n) is 2.04. The van der Waals surface area contributed by atoms with Crippen LogP contribution in [-0.4, -0.2) is 9.97 Å². The number of nitrogens with zero attached hydrogens (tertiary/aromatic N) is 2. The molecule has 0 spiro atoms. The molecule has 0 aliphatic carbocycles. The Kier molecular flexibility index (Phi) is 3.02. The summed E-state index contributed by atoms with van der Waals surface area (Å²) >= 11 is 0. The smallest absolute Gasteiger partial charge is 0.0649 e. The summed E-state index contributed by atoms with van der Waals surface area (Å²) in [5, 5.41) is 0. The SMILES string of the molecule is Cc1cnc(C(C)C)c(C(C)C)n1. The lowest BCUT2D eigenvalue weighted by Crippen LogP contribution is -2.05. The van der Waals surface area contributed by atoms with Crippen molar-refractivity contribution in [1.29, 1.82) is 0 Å². The first kappa shape index (κ1) is 10.2. The molecule has 0 aromatic carbocycles. The summed E-state index contributed by atoms with van der Waals surface area (Å²) in [4.78, 5) is 8.97. The van der Waals surface area contributed by atoms with Crippen molar-refractivity contribution in [2.45, 2.75) is 46.5 Å². The second-order valence-corrected chi connectivity index (χ2v) is 4.09. The molecule has 0 aliphatic rings. The molecule has 1 aromatic heterocycles. The standard InChI is InChI=1S/C11H18N2/c1-7(2)10-11(8(3)4)13-9(5)6-12-10/h6-8H,1-5H3.